The average molecular weight is 271 g/mol. The number of para-hydroxylation sites is 1. The molecule has 98 valence electrons. The summed E-state index contributed by atoms with van der Waals surface area (Å²) in [4.78, 5) is 15.7. The first-order valence-electron chi connectivity index (χ1n) is 6.68. The van der Waals surface area contributed by atoms with Gasteiger partial charge in [0.1, 0.15) is 0 Å². The number of carbonyl (C=O) groups excluding carboxylic acids is 1. The van der Waals surface area contributed by atoms with Crippen LogP contribution in [0, 0.1) is 0 Å². The first-order valence-corrected chi connectivity index (χ1v) is 7.56. The van der Waals surface area contributed by atoms with E-state index in [1.807, 2.05) is 23.1 Å². The lowest BCUT2D eigenvalue weighted by Crippen LogP contribution is -2.35. The van der Waals surface area contributed by atoms with Gasteiger partial charge < -0.3 is 4.90 Å². The van der Waals surface area contributed by atoms with Crippen molar-refractivity contribution in [1.29, 1.82) is 0 Å². The second-order valence-electron chi connectivity index (χ2n) is 5.02. The number of hydrogen-bond acceptors (Lipinski definition) is 2. The van der Waals surface area contributed by atoms with Crippen molar-refractivity contribution >= 4 is 22.9 Å². The Bertz CT molecular complexity index is 576. The Labute approximate surface area is 117 Å². The first-order chi connectivity index (χ1) is 9.25. The van der Waals surface area contributed by atoms with Gasteiger partial charge in [0.2, 0.25) is 5.91 Å². The number of amides is 1. The lowest BCUT2D eigenvalue weighted by molar-refractivity contribution is -0.118. The molecule has 0 spiro atoms. The molecule has 1 aliphatic heterocycles. The monoisotopic (exact) mass is 271 g/mol. The Morgan fingerprint density at radius 2 is 2.16 bits per heavy atom. The molecule has 0 aliphatic carbocycles. The number of nitrogens with zero attached hydrogens (tertiary/aromatic N) is 1. The molecule has 0 N–H and O–H groups in total. The van der Waals surface area contributed by atoms with Crippen LogP contribution in [0.4, 0.5) is 5.69 Å². The summed E-state index contributed by atoms with van der Waals surface area (Å²) in [6, 6.07) is 12.7. The van der Waals surface area contributed by atoms with Gasteiger partial charge in [0, 0.05) is 23.0 Å². The fourth-order valence-electron chi connectivity index (χ4n) is 2.75. The summed E-state index contributed by atoms with van der Waals surface area (Å²) < 4.78 is 0. The van der Waals surface area contributed by atoms with Crippen LogP contribution in [0.25, 0.3) is 0 Å². The highest BCUT2D eigenvalue weighted by Gasteiger charge is 2.29. The van der Waals surface area contributed by atoms with Crippen molar-refractivity contribution in [3.05, 3.63) is 52.2 Å². The molecule has 2 aromatic rings. The van der Waals surface area contributed by atoms with Gasteiger partial charge in [-0.3, -0.25) is 4.79 Å². The lowest BCUT2D eigenvalue weighted by atomic mass is 10.1. The molecule has 1 atom stereocenters. The Morgan fingerprint density at radius 1 is 1.32 bits per heavy atom. The highest BCUT2D eigenvalue weighted by molar-refractivity contribution is 7.09. The van der Waals surface area contributed by atoms with Crippen molar-refractivity contribution in [2.45, 2.75) is 32.2 Å². The Hall–Kier alpha value is -1.61. The molecule has 1 unspecified atom stereocenters. The minimum absolute atomic E-state index is 0.242. The Kier molecular flexibility index (Phi) is 3.38. The van der Waals surface area contributed by atoms with Crippen LogP contribution in [0.5, 0.6) is 0 Å². The molecule has 0 fully saturated rings. The van der Waals surface area contributed by atoms with Crippen molar-refractivity contribution in [1.82, 2.24) is 0 Å². The van der Waals surface area contributed by atoms with Crippen molar-refractivity contribution in [2.24, 2.45) is 0 Å². The fraction of sp³-hybridized carbons (Fsp3) is 0.312. The Balaban J connectivity index is 1.73. The number of fused-ring (bicyclic) bond motifs is 1. The number of aryl methyl sites for hydroxylation is 1. The molecule has 1 aliphatic rings. The summed E-state index contributed by atoms with van der Waals surface area (Å²) in [6.07, 6.45) is 2.42. The third-order valence-corrected chi connectivity index (χ3v) is 4.58. The van der Waals surface area contributed by atoms with E-state index in [1.54, 1.807) is 11.3 Å². The zero-order chi connectivity index (χ0) is 13.2. The predicted octanol–water partition coefficient (Wildman–Crippen LogP) is 3.66. The van der Waals surface area contributed by atoms with Crippen LogP contribution in [0.2, 0.25) is 0 Å². The molecule has 1 aromatic carbocycles. The number of hydrogen-bond donors (Lipinski definition) is 0. The van der Waals surface area contributed by atoms with E-state index in [0.717, 1.165) is 18.5 Å². The highest BCUT2D eigenvalue weighted by atomic mass is 32.1. The topological polar surface area (TPSA) is 20.3 Å². The van der Waals surface area contributed by atoms with E-state index in [0.29, 0.717) is 6.42 Å². The number of carbonyl (C=O) groups is 1. The van der Waals surface area contributed by atoms with Gasteiger partial charge in [-0.05, 0) is 42.8 Å². The van der Waals surface area contributed by atoms with Crippen LogP contribution >= 0.6 is 11.3 Å². The minimum atomic E-state index is 0.242. The van der Waals surface area contributed by atoms with E-state index in [-0.39, 0.29) is 11.9 Å². The second-order valence-corrected chi connectivity index (χ2v) is 6.06. The fourth-order valence-corrected chi connectivity index (χ4v) is 3.46. The average Bonchev–Trinajstić information content (AvgIpc) is 3.02. The number of benzene rings is 1. The zero-order valence-electron chi connectivity index (χ0n) is 11.0. The summed E-state index contributed by atoms with van der Waals surface area (Å²) >= 11 is 1.72. The van der Waals surface area contributed by atoms with Gasteiger partial charge in [0.25, 0.3) is 0 Å². The van der Waals surface area contributed by atoms with Crippen LogP contribution < -0.4 is 4.90 Å². The summed E-state index contributed by atoms with van der Waals surface area (Å²) in [7, 11) is 0. The van der Waals surface area contributed by atoms with Gasteiger partial charge in [-0.15, -0.1) is 11.3 Å². The van der Waals surface area contributed by atoms with Gasteiger partial charge in [-0.25, -0.2) is 0 Å². The van der Waals surface area contributed by atoms with E-state index >= 15 is 0 Å². The molecule has 2 nitrogen and oxygen atoms in total. The summed E-state index contributed by atoms with van der Waals surface area (Å²) in [5.41, 5.74) is 2.39. The van der Waals surface area contributed by atoms with Gasteiger partial charge in [0.15, 0.2) is 0 Å². The zero-order valence-corrected chi connectivity index (χ0v) is 11.8. The smallest absolute Gasteiger partial charge is 0.227 e. The number of anilines is 1. The predicted molar refractivity (Wildman–Crippen MR) is 79.7 cm³/mol. The van der Waals surface area contributed by atoms with Gasteiger partial charge in [-0.1, -0.05) is 24.3 Å². The van der Waals surface area contributed by atoms with Crippen LogP contribution in [0.1, 0.15) is 23.8 Å². The SMILES string of the molecule is CC1Cc2ccccc2N1C(=O)CCc1cccs1. The van der Waals surface area contributed by atoms with Crippen LogP contribution in [0.15, 0.2) is 41.8 Å². The van der Waals surface area contributed by atoms with Crippen LogP contribution in [-0.2, 0) is 17.6 Å². The highest BCUT2D eigenvalue weighted by Crippen LogP contribution is 2.32. The van der Waals surface area contributed by atoms with Crippen molar-refractivity contribution < 1.29 is 4.79 Å². The van der Waals surface area contributed by atoms with Gasteiger partial charge in [-0.2, -0.15) is 0 Å². The van der Waals surface area contributed by atoms with E-state index in [2.05, 4.69) is 30.5 Å². The van der Waals surface area contributed by atoms with Gasteiger partial charge >= 0.3 is 0 Å². The normalized spacial score (nSPS) is 17.5. The first kappa shape index (κ1) is 12.4. The third-order valence-electron chi connectivity index (χ3n) is 3.64. The Morgan fingerprint density at radius 3 is 2.95 bits per heavy atom. The molecule has 3 heteroatoms. The molecular weight excluding hydrogens is 254 g/mol. The third kappa shape index (κ3) is 2.43. The molecule has 3 rings (SSSR count). The molecule has 0 bridgehead atoms. The molecule has 19 heavy (non-hydrogen) atoms. The van der Waals surface area contributed by atoms with Crippen molar-refractivity contribution in [3.63, 3.8) is 0 Å². The molecule has 1 amide bonds. The van der Waals surface area contributed by atoms with Crippen molar-refractivity contribution in [3.8, 4) is 0 Å². The second kappa shape index (κ2) is 5.17. The maximum absolute atomic E-state index is 12.4. The summed E-state index contributed by atoms with van der Waals surface area (Å²) in [5, 5.41) is 2.06. The summed E-state index contributed by atoms with van der Waals surface area (Å²) in [5.74, 6) is 0.242. The van der Waals surface area contributed by atoms with E-state index in [4.69, 9.17) is 0 Å². The molecule has 2 heterocycles. The molecule has 0 radical (unpaired) electrons. The minimum Gasteiger partial charge on any atom is -0.309 e. The van der Waals surface area contributed by atoms with E-state index < -0.39 is 0 Å². The largest absolute Gasteiger partial charge is 0.309 e. The van der Waals surface area contributed by atoms with Crippen LogP contribution in [0.3, 0.4) is 0 Å². The quantitative estimate of drug-likeness (QED) is 0.834. The number of rotatable bonds is 3. The maximum Gasteiger partial charge on any atom is 0.227 e. The van der Waals surface area contributed by atoms with E-state index in [1.165, 1.54) is 10.4 Å². The standard InChI is InChI=1S/C16H17NOS/c1-12-11-13-5-2-3-7-15(13)17(12)16(18)9-8-14-6-4-10-19-14/h2-7,10,12H,8-9,11H2,1H3. The van der Waals surface area contributed by atoms with Gasteiger partial charge in [0.05, 0.1) is 0 Å². The summed E-state index contributed by atoms with van der Waals surface area (Å²) in [6.45, 7) is 2.13. The molecule has 1 aromatic heterocycles. The lowest BCUT2D eigenvalue weighted by Gasteiger charge is -2.22. The van der Waals surface area contributed by atoms with Crippen molar-refractivity contribution in [2.75, 3.05) is 4.90 Å². The number of thiophene rings is 1. The molecule has 0 saturated heterocycles. The van der Waals surface area contributed by atoms with E-state index in [9.17, 15) is 4.79 Å². The maximum atomic E-state index is 12.4. The molecule has 0 saturated carbocycles. The van der Waals surface area contributed by atoms with Crippen LogP contribution in [-0.4, -0.2) is 11.9 Å². The molecular formula is C16H17NOS.